The van der Waals surface area contributed by atoms with Gasteiger partial charge in [-0.2, -0.15) is 0 Å². The molecule has 2 aromatic rings. The van der Waals surface area contributed by atoms with E-state index < -0.39 is 16.1 Å². The first kappa shape index (κ1) is 19.4. The van der Waals surface area contributed by atoms with Gasteiger partial charge in [-0.25, -0.2) is 4.79 Å². The summed E-state index contributed by atoms with van der Waals surface area (Å²) in [6.07, 6.45) is 0. The zero-order valence-electron chi connectivity index (χ0n) is 15.9. The van der Waals surface area contributed by atoms with Gasteiger partial charge in [0.15, 0.2) is 0 Å². The molecular formula is C21H28O2Si2. The third kappa shape index (κ3) is 4.58. The Bertz CT molecular complexity index is 735. The molecule has 2 nitrogen and oxygen atoms in total. The first-order chi connectivity index (χ1) is 11.8. The van der Waals surface area contributed by atoms with E-state index in [1.54, 1.807) is 0 Å². The van der Waals surface area contributed by atoms with Crippen LogP contribution in [0.15, 0.2) is 71.6 Å². The summed E-state index contributed by atoms with van der Waals surface area (Å²) in [5.74, 6) is -0.153. The molecule has 2 rings (SSSR count). The van der Waals surface area contributed by atoms with Gasteiger partial charge in [0, 0.05) is 5.20 Å². The standard InChI is InChI=1S/C21H28O2Si2/c1-6-23-21(22)20(25(4,5)19-15-11-8-12-16-19)17-24(2,3)18-13-9-7-10-14-18/h7-17H,6H2,1-5H3/b20-17+. The number of benzene rings is 2. The lowest BCUT2D eigenvalue weighted by atomic mass is 10.4. The first-order valence-electron chi connectivity index (χ1n) is 8.80. The normalized spacial score (nSPS) is 12.8. The summed E-state index contributed by atoms with van der Waals surface area (Å²) < 4.78 is 5.44. The van der Waals surface area contributed by atoms with E-state index in [9.17, 15) is 4.79 Å². The number of hydrogen-bond acceptors (Lipinski definition) is 2. The molecule has 0 heterocycles. The molecule has 0 spiro atoms. The lowest BCUT2D eigenvalue weighted by molar-refractivity contribution is -0.137. The van der Waals surface area contributed by atoms with Gasteiger partial charge in [0.1, 0.15) is 16.1 Å². The fourth-order valence-electron chi connectivity index (χ4n) is 3.03. The number of carbonyl (C=O) groups is 1. The third-order valence-electron chi connectivity index (χ3n) is 4.69. The number of esters is 1. The van der Waals surface area contributed by atoms with E-state index >= 15 is 0 Å². The zero-order chi connectivity index (χ0) is 18.5. The topological polar surface area (TPSA) is 26.3 Å². The molecule has 0 radical (unpaired) electrons. The summed E-state index contributed by atoms with van der Waals surface area (Å²) in [5.41, 5.74) is 2.26. The van der Waals surface area contributed by atoms with E-state index in [-0.39, 0.29) is 5.97 Å². The summed E-state index contributed by atoms with van der Waals surface area (Å²) in [5, 5.41) is 3.47. The van der Waals surface area contributed by atoms with Crippen LogP contribution >= 0.6 is 0 Å². The maximum atomic E-state index is 12.8. The molecule has 0 aromatic heterocycles. The first-order valence-corrected chi connectivity index (χ1v) is 14.9. The molecule has 0 amide bonds. The molecule has 4 heteroatoms. The second kappa shape index (κ2) is 7.98. The van der Waals surface area contributed by atoms with E-state index in [4.69, 9.17) is 4.74 Å². The van der Waals surface area contributed by atoms with Gasteiger partial charge >= 0.3 is 5.97 Å². The van der Waals surface area contributed by atoms with E-state index in [2.05, 4.69) is 68.3 Å². The summed E-state index contributed by atoms with van der Waals surface area (Å²) in [4.78, 5) is 12.8. The maximum Gasteiger partial charge on any atom is 0.329 e. The summed E-state index contributed by atoms with van der Waals surface area (Å²) >= 11 is 0. The van der Waals surface area contributed by atoms with Gasteiger partial charge in [-0.05, 0) is 6.92 Å². The smallest absolute Gasteiger partial charge is 0.329 e. The highest BCUT2D eigenvalue weighted by Crippen LogP contribution is 2.21. The van der Waals surface area contributed by atoms with Crippen LogP contribution < -0.4 is 10.4 Å². The highest BCUT2D eigenvalue weighted by molar-refractivity contribution is 7.02. The Morgan fingerprint density at radius 2 is 1.36 bits per heavy atom. The Hall–Kier alpha value is -1.92. The molecule has 0 aliphatic rings. The fraction of sp³-hybridized carbons (Fsp3) is 0.286. The second-order valence-electron chi connectivity index (χ2n) is 7.36. The van der Waals surface area contributed by atoms with E-state index in [0.717, 1.165) is 5.20 Å². The van der Waals surface area contributed by atoms with Crippen LogP contribution in [0.25, 0.3) is 0 Å². The van der Waals surface area contributed by atoms with Crippen LogP contribution in [0.4, 0.5) is 0 Å². The van der Waals surface area contributed by atoms with Crippen molar-refractivity contribution in [1.29, 1.82) is 0 Å². The molecule has 25 heavy (non-hydrogen) atoms. The van der Waals surface area contributed by atoms with Crippen molar-refractivity contribution in [1.82, 2.24) is 0 Å². The van der Waals surface area contributed by atoms with E-state index in [1.165, 1.54) is 10.4 Å². The van der Waals surface area contributed by atoms with Crippen molar-refractivity contribution < 1.29 is 9.53 Å². The lowest BCUT2D eigenvalue weighted by Crippen LogP contribution is -2.49. The van der Waals surface area contributed by atoms with E-state index in [1.807, 2.05) is 31.2 Å². The Morgan fingerprint density at radius 3 is 1.84 bits per heavy atom. The quantitative estimate of drug-likeness (QED) is 0.440. The molecular weight excluding hydrogens is 340 g/mol. The van der Waals surface area contributed by atoms with Crippen LogP contribution in [-0.4, -0.2) is 28.7 Å². The van der Waals surface area contributed by atoms with Crippen molar-refractivity contribution in [3.63, 3.8) is 0 Å². The van der Waals surface area contributed by atoms with Crippen molar-refractivity contribution in [2.24, 2.45) is 0 Å². The number of hydrogen-bond donors (Lipinski definition) is 0. The van der Waals surface area contributed by atoms with Crippen LogP contribution in [0.2, 0.25) is 26.2 Å². The second-order valence-corrected chi connectivity index (χ2v) is 16.0. The lowest BCUT2D eigenvalue weighted by Gasteiger charge is -2.29. The predicted octanol–water partition coefficient (Wildman–Crippen LogP) is 3.79. The highest BCUT2D eigenvalue weighted by Gasteiger charge is 2.36. The molecule has 2 aromatic carbocycles. The van der Waals surface area contributed by atoms with Gasteiger partial charge in [-0.3, -0.25) is 0 Å². The van der Waals surface area contributed by atoms with Crippen LogP contribution in [0.3, 0.4) is 0 Å². The van der Waals surface area contributed by atoms with Gasteiger partial charge in [0.25, 0.3) is 0 Å². The van der Waals surface area contributed by atoms with Gasteiger partial charge in [-0.15, -0.1) is 0 Å². The highest BCUT2D eigenvalue weighted by atomic mass is 28.3. The van der Waals surface area contributed by atoms with E-state index in [0.29, 0.717) is 6.61 Å². The van der Waals surface area contributed by atoms with Gasteiger partial charge in [-0.1, -0.05) is 103 Å². The molecule has 0 aliphatic heterocycles. The Kier molecular flexibility index (Phi) is 6.19. The van der Waals surface area contributed by atoms with Crippen molar-refractivity contribution in [2.45, 2.75) is 33.1 Å². The third-order valence-corrected chi connectivity index (χ3v) is 11.3. The minimum atomic E-state index is -2.13. The van der Waals surface area contributed by atoms with Crippen molar-refractivity contribution >= 4 is 32.5 Å². The molecule has 0 saturated heterocycles. The van der Waals surface area contributed by atoms with Crippen LogP contribution in [0.1, 0.15) is 6.92 Å². The van der Waals surface area contributed by atoms with Gasteiger partial charge in [0.2, 0.25) is 0 Å². The van der Waals surface area contributed by atoms with Gasteiger partial charge in [0.05, 0.1) is 6.61 Å². The average molecular weight is 369 g/mol. The van der Waals surface area contributed by atoms with Crippen LogP contribution in [-0.2, 0) is 9.53 Å². The molecule has 0 unspecified atom stereocenters. The summed E-state index contributed by atoms with van der Waals surface area (Å²) in [6, 6.07) is 20.9. The molecule has 0 bridgehead atoms. The van der Waals surface area contributed by atoms with Crippen LogP contribution in [0.5, 0.6) is 0 Å². The predicted molar refractivity (Wildman–Crippen MR) is 112 cm³/mol. The summed E-state index contributed by atoms with van der Waals surface area (Å²) in [7, 11) is -4.04. The van der Waals surface area contributed by atoms with Crippen LogP contribution in [0, 0.1) is 0 Å². The number of ether oxygens (including phenoxy) is 1. The molecule has 0 aliphatic carbocycles. The monoisotopic (exact) mass is 368 g/mol. The fourth-order valence-corrected chi connectivity index (χ4v) is 9.53. The largest absolute Gasteiger partial charge is 0.463 e. The molecule has 0 N–H and O–H groups in total. The van der Waals surface area contributed by atoms with Crippen molar-refractivity contribution in [3.05, 3.63) is 71.6 Å². The minimum absolute atomic E-state index is 0.153. The molecule has 0 fully saturated rings. The van der Waals surface area contributed by atoms with Gasteiger partial charge < -0.3 is 4.74 Å². The SMILES string of the molecule is CCOC(=O)/C(=C\[Si](C)(C)c1ccccc1)[Si](C)(C)c1ccccc1. The minimum Gasteiger partial charge on any atom is -0.463 e. The molecule has 132 valence electrons. The number of rotatable bonds is 6. The number of carbonyl (C=O) groups excluding carboxylic acids is 1. The summed E-state index contributed by atoms with van der Waals surface area (Å²) in [6.45, 7) is 11.3. The Labute approximate surface area is 153 Å². The Morgan fingerprint density at radius 1 is 0.880 bits per heavy atom. The van der Waals surface area contributed by atoms with Crippen molar-refractivity contribution in [2.75, 3.05) is 6.61 Å². The molecule has 0 saturated carbocycles. The molecule has 0 atom stereocenters. The zero-order valence-corrected chi connectivity index (χ0v) is 17.9. The maximum absolute atomic E-state index is 12.8. The Balaban J connectivity index is 2.55. The van der Waals surface area contributed by atoms with Crippen molar-refractivity contribution in [3.8, 4) is 0 Å². The average Bonchev–Trinajstić information content (AvgIpc) is 2.61.